The number of methoxy groups -OCH3 is 1. The Bertz CT molecular complexity index is 1380. The van der Waals surface area contributed by atoms with Gasteiger partial charge in [-0.1, -0.05) is 26.0 Å². The van der Waals surface area contributed by atoms with Crippen LogP contribution in [0.15, 0.2) is 72.3 Å². The summed E-state index contributed by atoms with van der Waals surface area (Å²) in [6.07, 6.45) is 0. The first-order valence-corrected chi connectivity index (χ1v) is 11.0. The van der Waals surface area contributed by atoms with Crippen LogP contribution in [0.3, 0.4) is 0 Å². The number of phenolic OH excluding ortho intramolecular Hbond substituents is 1. The molecule has 1 aliphatic rings. The molecule has 7 heteroatoms. The van der Waals surface area contributed by atoms with Crippen molar-refractivity contribution in [3.63, 3.8) is 0 Å². The van der Waals surface area contributed by atoms with Crippen LogP contribution in [0.2, 0.25) is 0 Å². The van der Waals surface area contributed by atoms with Gasteiger partial charge in [-0.15, -0.1) is 0 Å². The van der Waals surface area contributed by atoms with Crippen molar-refractivity contribution in [2.24, 2.45) is 0 Å². The summed E-state index contributed by atoms with van der Waals surface area (Å²) in [7, 11) is 1.56. The number of ketones is 1. The van der Waals surface area contributed by atoms with Crippen molar-refractivity contribution >= 4 is 23.1 Å². The molecule has 1 fully saturated rings. The lowest BCUT2D eigenvalue weighted by molar-refractivity contribution is -0.132. The van der Waals surface area contributed by atoms with Crippen molar-refractivity contribution in [1.82, 2.24) is 0 Å². The van der Waals surface area contributed by atoms with Gasteiger partial charge >= 0.3 is 0 Å². The van der Waals surface area contributed by atoms with E-state index in [9.17, 15) is 19.8 Å². The monoisotopic (exact) mass is 468 g/mol. The highest BCUT2D eigenvalue weighted by molar-refractivity contribution is 6.51. The summed E-state index contributed by atoms with van der Waals surface area (Å²) in [6, 6.07) is 18.6. The zero-order chi connectivity index (χ0) is 25.3. The summed E-state index contributed by atoms with van der Waals surface area (Å²) in [5, 5.41) is 30.6. The molecular weight excluding hydrogens is 444 g/mol. The lowest BCUT2D eigenvalue weighted by Crippen LogP contribution is -2.29. The number of hydrogen-bond donors (Lipinski definition) is 2. The zero-order valence-corrected chi connectivity index (χ0v) is 19.5. The molecule has 1 saturated heterocycles. The minimum Gasteiger partial charge on any atom is -0.508 e. The lowest BCUT2D eigenvalue weighted by atomic mass is 9.93. The first-order chi connectivity index (χ1) is 16.8. The van der Waals surface area contributed by atoms with Crippen molar-refractivity contribution in [2.45, 2.75) is 25.8 Å². The third-order valence-corrected chi connectivity index (χ3v) is 6.03. The summed E-state index contributed by atoms with van der Waals surface area (Å²) in [5.74, 6) is -1.29. The normalized spacial score (nSPS) is 17.0. The SMILES string of the molecule is COc1ccc(/C(O)=C2/C(=O)C(=O)N(c3ccc(C#N)cc3)C2c2cccc(O)c2)cc1C(C)C. The first kappa shape index (κ1) is 23.6. The van der Waals surface area contributed by atoms with Crippen LogP contribution < -0.4 is 9.64 Å². The number of nitrogens with zero attached hydrogens (tertiary/aromatic N) is 2. The van der Waals surface area contributed by atoms with Crippen molar-refractivity contribution in [3.8, 4) is 17.6 Å². The Morgan fingerprint density at radius 2 is 1.77 bits per heavy atom. The fourth-order valence-electron chi connectivity index (χ4n) is 4.29. The van der Waals surface area contributed by atoms with Crippen LogP contribution in [0.5, 0.6) is 11.5 Å². The minimum atomic E-state index is -0.986. The van der Waals surface area contributed by atoms with Crippen LogP contribution in [0.4, 0.5) is 5.69 Å². The molecule has 1 unspecified atom stereocenters. The molecule has 2 N–H and O–H groups in total. The van der Waals surface area contributed by atoms with Gasteiger partial charge in [-0.05, 0) is 71.6 Å². The van der Waals surface area contributed by atoms with Crippen molar-refractivity contribution < 1.29 is 24.5 Å². The molecule has 1 aliphatic heterocycles. The maximum absolute atomic E-state index is 13.3. The van der Waals surface area contributed by atoms with E-state index in [4.69, 9.17) is 10.00 Å². The average molecular weight is 469 g/mol. The number of anilines is 1. The summed E-state index contributed by atoms with van der Waals surface area (Å²) in [4.78, 5) is 27.8. The highest BCUT2D eigenvalue weighted by Crippen LogP contribution is 2.43. The van der Waals surface area contributed by atoms with Gasteiger partial charge in [0, 0.05) is 11.3 Å². The van der Waals surface area contributed by atoms with E-state index in [1.807, 2.05) is 19.9 Å². The van der Waals surface area contributed by atoms with Gasteiger partial charge in [0.1, 0.15) is 17.3 Å². The van der Waals surface area contributed by atoms with E-state index in [0.29, 0.717) is 28.1 Å². The van der Waals surface area contributed by atoms with Crippen molar-refractivity contribution in [3.05, 3.63) is 94.6 Å². The topological polar surface area (TPSA) is 111 Å². The number of aliphatic hydroxyl groups is 1. The first-order valence-electron chi connectivity index (χ1n) is 11.0. The van der Waals surface area contributed by atoms with Crippen LogP contribution in [0.1, 0.15) is 48.1 Å². The van der Waals surface area contributed by atoms with Gasteiger partial charge in [-0.2, -0.15) is 5.26 Å². The second-order valence-corrected chi connectivity index (χ2v) is 8.53. The van der Waals surface area contributed by atoms with Gasteiger partial charge in [0.15, 0.2) is 0 Å². The third kappa shape index (κ3) is 4.22. The molecule has 35 heavy (non-hydrogen) atoms. The molecule has 1 amide bonds. The maximum Gasteiger partial charge on any atom is 0.300 e. The highest BCUT2D eigenvalue weighted by atomic mass is 16.5. The smallest absolute Gasteiger partial charge is 0.300 e. The molecule has 4 rings (SSSR count). The van der Waals surface area contributed by atoms with Crippen LogP contribution in [0.25, 0.3) is 5.76 Å². The lowest BCUT2D eigenvalue weighted by Gasteiger charge is -2.25. The molecule has 3 aromatic carbocycles. The van der Waals surface area contributed by atoms with Crippen LogP contribution in [0, 0.1) is 11.3 Å². The molecule has 176 valence electrons. The summed E-state index contributed by atoms with van der Waals surface area (Å²) in [5.41, 5.74) is 2.36. The molecule has 7 nitrogen and oxygen atoms in total. The Balaban J connectivity index is 1.94. The molecular formula is C28H24N2O5. The fourth-order valence-corrected chi connectivity index (χ4v) is 4.29. The number of benzene rings is 3. The molecule has 0 bridgehead atoms. The zero-order valence-electron chi connectivity index (χ0n) is 19.5. The van der Waals surface area contributed by atoms with E-state index in [2.05, 4.69) is 0 Å². The third-order valence-electron chi connectivity index (χ3n) is 6.03. The van der Waals surface area contributed by atoms with E-state index in [-0.39, 0.29) is 23.0 Å². The summed E-state index contributed by atoms with van der Waals surface area (Å²) in [6.45, 7) is 3.97. The Labute approximate surface area is 203 Å². The summed E-state index contributed by atoms with van der Waals surface area (Å²) >= 11 is 0. The fraction of sp³-hybridized carbons (Fsp3) is 0.179. The van der Waals surface area contributed by atoms with Gasteiger partial charge in [-0.3, -0.25) is 14.5 Å². The van der Waals surface area contributed by atoms with Crippen LogP contribution in [-0.4, -0.2) is 29.0 Å². The quantitative estimate of drug-likeness (QED) is 0.309. The Kier molecular flexibility index (Phi) is 6.30. The number of carbonyl (C=O) groups excluding carboxylic acids is 2. The molecule has 0 radical (unpaired) electrons. The average Bonchev–Trinajstić information content (AvgIpc) is 3.13. The van der Waals surface area contributed by atoms with E-state index in [1.165, 1.54) is 17.0 Å². The molecule has 0 aliphatic carbocycles. The highest BCUT2D eigenvalue weighted by Gasteiger charge is 2.47. The number of aromatic hydroxyl groups is 1. The minimum absolute atomic E-state index is 0.0422. The number of carbonyl (C=O) groups is 2. The largest absolute Gasteiger partial charge is 0.508 e. The molecule has 1 atom stereocenters. The number of nitriles is 1. The van der Waals surface area contributed by atoms with Gasteiger partial charge in [0.25, 0.3) is 11.7 Å². The predicted molar refractivity (Wildman–Crippen MR) is 131 cm³/mol. The number of rotatable bonds is 5. The standard InChI is InChI=1S/C28H24N2O5/c1-16(2)22-14-19(9-12-23(22)35-3)26(32)24-25(18-5-4-6-21(31)13-18)30(28(34)27(24)33)20-10-7-17(15-29)8-11-20/h4-14,16,25,31-32H,1-3H3/b26-24-. The van der Waals surface area contributed by atoms with E-state index in [1.54, 1.807) is 61.7 Å². The number of aliphatic hydroxyl groups excluding tert-OH is 1. The second kappa shape index (κ2) is 9.35. The van der Waals surface area contributed by atoms with Gasteiger partial charge in [-0.25, -0.2) is 0 Å². The Hall–Kier alpha value is -4.57. The number of ether oxygens (including phenoxy) is 1. The van der Waals surface area contributed by atoms with Gasteiger partial charge < -0.3 is 14.9 Å². The van der Waals surface area contributed by atoms with E-state index >= 15 is 0 Å². The van der Waals surface area contributed by atoms with Gasteiger partial charge in [0.2, 0.25) is 0 Å². The summed E-state index contributed by atoms with van der Waals surface area (Å²) < 4.78 is 5.42. The van der Waals surface area contributed by atoms with Gasteiger partial charge in [0.05, 0.1) is 30.4 Å². The number of Topliss-reactive ketones (excluding diaryl/α,β-unsaturated/α-hetero) is 1. The molecule has 0 aromatic heterocycles. The second-order valence-electron chi connectivity index (χ2n) is 8.53. The van der Waals surface area contributed by atoms with Crippen molar-refractivity contribution in [2.75, 3.05) is 12.0 Å². The predicted octanol–water partition coefficient (Wildman–Crippen LogP) is 5.02. The van der Waals surface area contributed by atoms with Crippen molar-refractivity contribution in [1.29, 1.82) is 5.26 Å². The molecule has 1 heterocycles. The Morgan fingerprint density at radius 3 is 2.37 bits per heavy atom. The molecule has 0 spiro atoms. The molecule has 3 aromatic rings. The number of phenols is 1. The van der Waals surface area contributed by atoms with Crippen LogP contribution >= 0.6 is 0 Å². The maximum atomic E-state index is 13.3. The number of hydrogen-bond acceptors (Lipinski definition) is 6. The van der Waals surface area contributed by atoms with E-state index in [0.717, 1.165) is 5.56 Å². The molecule has 0 saturated carbocycles. The number of amides is 1. The van der Waals surface area contributed by atoms with E-state index < -0.39 is 17.7 Å². The Morgan fingerprint density at radius 1 is 1.06 bits per heavy atom. The van der Waals surface area contributed by atoms with Crippen LogP contribution in [-0.2, 0) is 9.59 Å².